The molecule has 2 amide bonds. The van der Waals surface area contributed by atoms with E-state index in [-0.39, 0.29) is 6.03 Å². The second-order valence-corrected chi connectivity index (χ2v) is 7.49. The number of piperidine rings is 1. The van der Waals surface area contributed by atoms with Gasteiger partial charge >= 0.3 is 6.03 Å². The number of benzene rings is 1. The molecule has 1 atom stereocenters. The second-order valence-electron chi connectivity index (χ2n) is 7.49. The van der Waals surface area contributed by atoms with Gasteiger partial charge in [-0.1, -0.05) is 25.0 Å². The summed E-state index contributed by atoms with van der Waals surface area (Å²) in [6, 6.07) is 8.04. The third kappa shape index (κ3) is 3.45. The molecular formula is C20H27N5O. The molecule has 2 N–H and O–H groups in total. The van der Waals surface area contributed by atoms with Crippen molar-refractivity contribution in [2.45, 2.75) is 44.6 Å². The number of primary amides is 1. The van der Waals surface area contributed by atoms with E-state index in [9.17, 15) is 4.79 Å². The molecule has 6 heteroatoms. The Labute approximate surface area is 154 Å². The monoisotopic (exact) mass is 353 g/mol. The number of urea groups is 1. The van der Waals surface area contributed by atoms with Crippen LogP contribution in [0.5, 0.6) is 0 Å². The topological polar surface area (TPSA) is 75.4 Å². The maximum Gasteiger partial charge on any atom is 0.315 e. The molecule has 2 aliphatic rings. The van der Waals surface area contributed by atoms with E-state index in [0.717, 1.165) is 62.2 Å². The number of rotatable bonds is 2. The van der Waals surface area contributed by atoms with E-state index in [1.807, 2.05) is 35.4 Å². The fraction of sp³-hybridized carbons (Fsp3) is 0.550. The Morgan fingerprint density at radius 1 is 1.00 bits per heavy atom. The molecule has 0 aliphatic carbocycles. The van der Waals surface area contributed by atoms with Crippen LogP contribution in [0.4, 0.5) is 10.6 Å². The van der Waals surface area contributed by atoms with Crippen LogP contribution in [0.25, 0.3) is 11.0 Å². The van der Waals surface area contributed by atoms with E-state index < -0.39 is 0 Å². The summed E-state index contributed by atoms with van der Waals surface area (Å²) in [5, 5.41) is 0. The van der Waals surface area contributed by atoms with E-state index in [2.05, 4.69) is 9.88 Å². The van der Waals surface area contributed by atoms with Crippen LogP contribution in [0.1, 0.15) is 38.5 Å². The van der Waals surface area contributed by atoms with Crippen LogP contribution in [0.3, 0.4) is 0 Å². The largest absolute Gasteiger partial charge is 0.355 e. The summed E-state index contributed by atoms with van der Waals surface area (Å²) in [7, 11) is 0. The summed E-state index contributed by atoms with van der Waals surface area (Å²) in [4.78, 5) is 25.5. The molecule has 0 unspecified atom stereocenters. The Morgan fingerprint density at radius 3 is 2.54 bits per heavy atom. The molecule has 1 aromatic carbocycles. The predicted octanol–water partition coefficient (Wildman–Crippen LogP) is 3.17. The smallest absolute Gasteiger partial charge is 0.315 e. The van der Waals surface area contributed by atoms with Crippen LogP contribution in [-0.4, -0.2) is 46.6 Å². The molecule has 0 bridgehead atoms. The highest BCUT2D eigenvalue weighted by Crippen LogP contribution is 2.31. The minimum absolute atomic E-state index is 0.250. The van der Waals surface area contributed by atoms with Gasteiger partial charge in [0.1, 0.15) is 5.82 Å². The number of amides is 2. The first kappa shape index (κ1) is 17.1. The maximum absolute atomic E-state index is 11.9. The van der Waals surface area contributed by atoms with Gasteiger partial charge in [0.25, 0.3) is 0 Å². The second kappa shape index (κ2) is 7.48. The number of carbonyl (C=O) groups excluding carboxylic acids is 1. The van der Waals surface area contributed by atoms with Crippen molar-refractivity contribution in [1.29, 1.82) is 0 Å². The van der Waals surface area contributed by atoms with Crippen LogP contribution in [0.2, 0.25) is 0 Å². The number of nitrogens with zero attached hydrogens (tertiary/aromatic N) is 4. The molecule has 0 radical (unpaired) electrons. The van der Waals surface area contributed by atoms with Crippen molar-refractivity contribution in [3.8, 4) is 0 Å². The van der Waals surface area contributed by atoms with Gasteiger partial charge in [-0.25, -0.2) is 9.78 Å². The lowest BCUT2D eigenvalue weighted by molar-refractivity contribution is 0.143. The maximum atomic E-state index is 11.9. The first-order valence-corrected chi connectivity index (χ1v) is 9.75. The first-order valence-electron chi connectivity index (χ1n) is 9.75. The van der Waals surface area contributed by atoms with Gasteiger partial charge in [-0.05, 0) is 43.7 Å². The standard InChI is InChI=1S/C20H27N5O/c21-20(26)25-11-5-1-2-8-18(25)15-9-12-24(13-10-15)19-14-22-16-6-3-4-7-17(16)23-19/h3-4,6-7,14-15,18H,1-2,5,8-13H2,(H2,21,26)/t18-/m1/s1. The van der Waals surface area contributed by atoms with Gasteiger partial charge in [0.2, 0.25) is 0 Å². The summed E-state index contributed by atoms with van der Waals surface area (Å²) < 4.78 is 0. The van der Waals surface area contributed by atoms with Crippen LogP contribution in [-0.2, 0) is 0 Å². The highest BCUT2D eigenvalue weighted by Gasteiger charge is 2.33. The molecule has 3 heterocycles. The fourth-order valence-corrected chi connectivity index (χ4v) is 4.51. The molecule has 6 nitrogen and oxygen atoms in total. The zero-order valence-electron chi connectivity index (χ0n) is 15.2. The molecule has 0 saturated carbocycles. The van der Waals surface area contributed by atoms with Gasteiger partial charge in [-0.3, -0.25) is 4.98 Å². The first-order chi connectivity index (χ1) is 12.7. The Hall–Kier alpha value is -2.37. The van der Waals surface area contributed by atoms with Crippen LogP contribution < -0.4 is 10.6 Å². The highest BCUT2D eigenvalue weighted by atomic mass is 16.2. The molecule has 4 rings (SSSR count). The van der Waals surface area contributed by atoms with Gasteiger partial charge in [-0.2, -0.15) is 0 Å². The number of hydrogen-bond donors (Lipinski definition) is 1. The van der Waals surface area contributed by atoms with Gasteiger partial charge in [0.05, 0.1) is 17.2 Å². The quantitative estimate of drug-likeness (QED) is 0.900. The summed E-state index contributed by atoms with van der Waals surface area (Å²) in [5.74, 6) is 1.49. The molecule has 26 heavy (non-hydrogen) atoms. The molecular weight excluding hydrogens is 326 g/mol. The summed E-state index contributed by atoms with van der Waals surface area (Å²) >= 11 is 0. The molecule has 2 fully saturated rings. The molecule has 0 spiro atoms. The van der Waals surface area contributed by atoms with Crippen molar-refractivity contribution in [2.24, 2.45) is 11.7 Å². The number of para-hydroxylation sites is 2. The van der Waals surface area contributed by atoms with E-state index in [1.165, 1.54) is 12.8 Å². The lowest BCUT2D eigenvalue weighted by Gasteiger charge is -2.40. The highest BCUT2D eigenvalue weighted by molar-refractivity contribution is 5.75. The predicted molar refractivity (Wildman–Crippen MR) is 103 cm³/mol. The van der Waals surface area contributed by atoms with E-state index in [4.69, 9.17) is 10.7 Å². The zero-order valence-corrected chi connectivity index (χ0v) is 15.2. The molecule has 2 aromatic rings. The Kier molecular flexibility index (Phi) is 4.91. The van der Waals surface area contributed by atoms with E-state index in [0.29, 0.717) is 12.0 Å². The van der Waals surface area contributed by atoms with Crippen LogP contribution in [0.15, 0.2) is 30.5 Å². The lowest BCUT2D eigenvalue weighted by Crippen LogP contribution is -2.49. The van der Waals surface area contributed by atoms with Gasteiger partial charge in [-0.15, -0.1) is 0 Å². The fourth-order valence-electron chi connectivity index (χ4n) is 4.51. The number of likely N-dealkylation sites (tertiary alicyclic amines) is 1. The van der Waals surface area contributed by atoms with Gasteiger partial charge < -0.3 is 15.5 Å². The SMILES string of the molecule is NC(=O)N1CCCCC[C@@H]1C1CCN(c2cnc3ccccc3n2)CC1. The molecule has 2 saturated heterocycles. The normalized spacial score (nSPS) is 22.4. The van der Waals surface area contributed by atoms with Gasteiger partial charge in [0.15, 0.2) is 0 Å². The zero-order chi connectivity index (χ0) is 17.9. The van der Waals surface area contributed by atoms with Gasteiger partial charge in [0, 0.05) is 25.7 Å². The summed E-state index contributed by atoms with van der Waals surface area (Å²) in [5.41, 5.74) is 7.54. The average Bonchev–Trinajstić information content (AvgIpc) is 2.94. The minimum atomic E-state index is -0.250. The molecule has 138 valence electrons. The van der Waals surface area contributed by atoms with Crippen molar-refractivity contribution >= 4 is 22.9 Å². The summed E-state index contributed by atoms with van der Waals surface area (Å²) in [6.07, 6.45) is 8.58. The van der Waals surface area contributed by atoms with Crippen molar-refractivity contribution in [2.75, 3.05) is 24.5 Å². The Morgan fingerprint density at radius 2 is 1.77 bits per heavy atom. The van der Waals surface area contributed by atoms with Crippen molar-refractivity contribution < 1.29 is 4.79 Å². The third-order valence-electron chi connectivity index (χ3n) is 5.93. The van der Waals surface area contributed by atoms with Crippen molar-refractivity contribution in [3.05, 3.63) is 30.5 Å². The number of aromatic nitrogens is 2. The molecule has 1 aromatic heterocycles. The molecule has 2 aliphatic heterocycles. The van der Waals surface area contributed by atoms with Crippen molar-refractivity contribution in [1.82, 2.24) is 14.9 Å². The van der Waals surface area contributed by atoms with Crippen LogP contribution >= 0.6 is 0 Å². The van der Waals surface area contributed by atoms with E-state index >= 15 is 0 Å². The minimum Gasteiger partial charge on any atom is -0.355 e. The summed E-state index contributed by atoms with van der Waals surface area (Å²) in [6.45, 7) is 2.73. The number of hydrogen-bond acceptors (Lipinski definition) is 4. The number of fused-ring (bicyclic) bond motifs is 1. The lowest BCUT2D eigenvalue weighted by atomic mass is 9.86. The third-order valence-corrected chi connectivity index (χ3v) is 5.93. The Bertz CT molecular complexity index is 772. The Balaban J connectivity index is 1.44. The van der Waals surface area contributed by atoms with Crippen molar-refractivity contribution in [3.63, 3.8) is 0 Å². The van der Waals surface area contributed by atoms with E-state index in [1.54, 1.807) is 0 Å². The number of anilines is 1. The van der Waals surface area contributed by atoms with Crippen LogP contribution in [0, 0.1) is 5.92 Å². The number of carbonyl (C=O) groups is 1. The average molecular weight is 353 g/mol. The number of nitrogens with two attached hydrogens (primary N) is 1.